The Balaban J connectivity index is 0.000000704. The normalized spacial score (nSPS) is 13.0. The van der Waals surface area contributed by atoms with Gasteiger partial charge in [-0.05, 0) is 11.6 Å². The summed E-state index contributed by atoms with van der Waals surface area (Å²) in [5.41, 5.74) is 2.23. The van der Waals surface area contributed by atoms with Gasteiger partial charge in [-0.3, -0.25) is 9.59 Å². The molecular weight excluding hydrogens is 248 g/mol. The number of carbonyl (C=O) groups excluding carboxylic acids is 2. The second-order valence-electron chi connectivity index (χ2n) is 4.16. The summed E-state index contributed by atoms with van der Waals surface area (Å²) in [7, 11) is 0. The highest BCUT2D eigenvalue weighted by Gasteiger charge is 2.25. The van der Waals surface area contributed by atoms with Crippen molar-refractivity contribution < 1.29 is 9.59 Å². The maximum atomic E-state index is 12.3. The van der Waals surface area contributed by atoms with Crippen molar-refractivity contribution in [1.29, 1.82) is 0 Å². The largest absolute Gasteiger partial charge is 0.289 e. The standard InChI is InChI=1S/C16H10O2.C2H6/c17-15-10-14(11-6-2-1-3-7-11)16(18)13-9-5-4-8-12(13)15;1-2/h1-10H;1-2H3. The van der Waals surface area contributed by atoms with E-state index >= 15 is 0 Å². The van der Waals surface area contributed by atoms with Gasteiger partial charge in [0.2, 0.25) is 0 Å². The molecule has 0 saturated heterocycles. The summed E-state index contributed by atoms with van der Waals surface area (Å²) in [4.78, 5) is 24.3. The first-order valence-electron chi connectivity index (χ1n) is 6.72. The molecule has 1 aliphatic rings. The van der Waals surface area contributed by atoms with Gasteiger partial charge in [-0.1, -0.05) is 68.4 Å². The van der Waals surface area contributed by atoms with Crippen LogP contribution < -0.4 is 0 Å². The molecule has 2 nitrogen and oxygen atoms in total. The van der Waals surface area contributed by atoms with Gasteiger partial charge in [-0.15, -0.1) is 0 Å². The lowest BCUT2D eigenvalue weighted by Gasteiger charge is -2.14. The first kappa shape index (κ1) is 13.9. The van der Waals surface area contributed by atoms with Gasteiger partial charge in [0.1, 0.15) is 0 Å². The van der Waals surface area contributed by atoms with Crippen LogP contribution in [0.25, 0.3) is 5.57 Å². The monoisotopic (exact) mass is 264 g/mol. The molecule has 0 amide bonds. The number of benzene rings is 2. The zero-order valence-corrected chi connectivity index (χ0v) is 11.6. The van der Waals surface area contributed by atoms with Crippen LogP contribution in [0.2, 0.25) is 0 Å². The van der Waals surface area contributed by atoms with Crippen LogP contribution in [0.3, 0.4) is 0 Å². The van der Waals surface area contributed by atoms with Crippen LogP contribution in [0.15, 0.2) is 60.7 Å². The van der Waals surface area contributed by atoms with Gasteiger partial charge in [0.25, 0.3) is 0 Å². The minimum absolute atomic E-state index is 0.0867. The molecule has 1 aliphatic carbocycles. The molecule has 0 spiro atoms. The van der Waals surface area contributed by atoms with Crippen LogP contribution in [0.1, 0.15) is 40.1 Å². The fraction of sp³-hybridized carbons (Fsp3) is 0.111. The zero-order valence-electron chi connectivity index (χ0n) is 11.6. The van der Waals surface area contributed by atoms with Crippen molar-refractivity contribution in [3.63, 3.8) is 0 Å². The van der Waals surface area contributed by atoms with Crippen molar-refractivity contribution in [2.75, 3.05) is 0 Å². The molecule has 2 heteroatoms. The highest BCUT2D eigenvalue weighted by molar-refractivity contribution is 6.38. The average molecular weight is 264 g/mol. The Morgan fingerprint density at radius 2 is 1.25 bits per heavy atom. The number of ketones is 2. The third kappa shape index (κ3) is 2.45. The lowest BCUT2D eigenvalue weighted by atomic mass is 9.86. The van der Waals surface area contributed by atoms with E-state index in [9.17, 15) is 9.59 Å². The first-order valence-corrected chi connectivity index (χ1v) is 6.72. The van der Waals surface area contributed by atoms with Gasteiger partial charge in [-0.25, -0.2) is 0 Å². The fourth-order valence-corrected chi connectivity index (χ4v) is 2.15. The van der Waals surface area contributed by atoms with Crippen LogP contribution >= 0.6 is 0 Å². The minimum Gasteiger partial charge on any atom is -0.289 e. The second kappa shape index (κ2) is 6.11. The van der Waals surface area contributed by atoms with Crippen molar-refractivity contribution in [1.82, 2.24) is 0 Å². The Morgan fingerprint density at radius 3 is 1.90 bits per heavy atom. The molecule has 0 saturated carbocycles. The van der Waals surface area contributed by atoms with Gasteiger partial charge in [0.15, 0.2) is 11.6 Å². The number of rotatable bonds is 1. The van der Waals surface area contributed by atoms with E-state index < -0.39 is 0 Å². The Morgan fingerprint density at radius 1 is 0.700 bits per heavy atom. The maximum Gasteiger partial charge on any atom is 0.194 e. The number of hydrogen-bond donors (Lipinski definition) is 0. The average Bonchev–Trinajstić information content (AvgIpc) is 2.54. The second-order valence-corrected chi connectivity index (χ2v) is 4.16. The zero-order chi connectivity index (χ0) is 14.5. The quantitative estimate of drug-likeness (QED) is 0.774. The van der Waals surface area contributed by atoms with Crippen molar-refractivity contribution in [2.45, 2.75) is 13.8 Å². The van der Waals surface area contributed by atoms with E-state index in [4.69, 9.17) is 0 Å². The smallest absolute Gasteiger partial charge is 0.194 e. The molecule has 2 aromatic rings. The molecule has 3 rings (SSSR count). The Bertz CT molecular complexity index is 667. The molecule has 0 aromatic heterocycles. The third-order valence-electron chi connectivity index (χ3n) is 3.04. The summed E-state index contributed by atoms with van der Waals surface area (Å²) in [6.07, 6.45) is 1.43. The number of allylic oxidation sites excluding steroid dienone is 2. The van der Waals surface area contributed by atoms with Crippen LogP contribution in [0.5, 0.6) is 0 Å². The van der Waals surface area contributed by atoms with Gasteiger partial charge >= 0.3 is 0 Å². The molecule has 0 unspecified atom stereocenters. The summed E-state index contributed by atoms with van der Waals surface area (Å²) in [6, 6.07) is 16.2. The van der Waals surface area contributed by atoms with Crippen molar-refractivity contribution in [3.8, 4) is 0 Å². The molecule has 0 fully saturated rings. The van der Waals surface area contributed by atoms with E-state index in [0.717, 1.165) is 5.56 Å². The summed E-state index contributed by atoms with van der Waals surface area (Å²) in [6.45, 7) is 4.00. The lowest BCUT2D eigenvalue weighted by molar-refractivity contribution is 0.100. The fourth-order valence-electron chi connectivity index (χ4n) is 2.15. The summed E-state index contributed by atoms with van der Waals surface area (Å²) in [5.74, 6) is -0.194. The van der Waals surface area contributed by atoms with Crippen LogP contribution in [-0.4, -0.2) is 11.6 Å². The molecule has 100 valence electrons. The lowest BCUT2D eigenvalue weighted by Crippen LogP contribution is -2.15. The predicted octanol–water partition coefficient (Wildman–Crippen LogP) is 4.18. The van der Waals surface area contributed by atoms with E-state index in [1.807, 2.05) is 44.2 Å². The van der Waals surface area contributed by atoms with Crippen molar-refractivity contribution >= 4 is 17.1 Å². The summed E-state index contributed by atoms with van der Waals surface area (Å²) < 4.78 is 0. The predicted molar refractivity (Wildman–Crippen MR) is 80.9 cm³/mol. The van der Waals surface area contributed by atoms with Crippen LogP contribution in [0, 0.1) is 0 Å². The Hall–Kier alpha value is -2.48. The van der Waals surface area contributed by atoms with E-state index in [-0.39, 0.29) is 11.6 Å². The molecule has 0 N–H and O–H groups in total. The van der Waals surface area contributed by atoms with Crippen LogP contribution in [0.4, 0.5) is 0 Å². The number of fused-ring (bicyclic) bond motifs is 1. The number of carbonyl (C=O) groups is 2. The molecule has 0 bridgehead atoms. The third-order valence-corrected chi connectivity index (χ3v) is 3.04. The van der Waals surface area contributed by atoms with Crippen molar-refractivity contribution in [3.05, 3.63) is 77.4 Å². The minimum atomic E-state index is -0.107. The maximum absolute atomic E-state index is 12.3. The molecule has 0 heterocycles. The van der Waals surface area contributed by atoms with Crippen molar-refractivity contribution in [2.24, 2.45) is 0 Å². The molecule has 0 atom stereocenters. The van der Waals surface area contributed by atoms with E-state index in [1.165, 1.54) is 6.08 Å². The molecule has 2 aromatic carbocycles. The topological polar surface area (TPSA) is 34.1 Å². The van der Waals surface area contributed by atoms with Gasteiger partial charge in [-0.2, -0.15) is 0 Å². The Kier molecular flexibility index (Phi) is 4.26. The summed E-state index contributed by atoms with van der Waals surface area (Å²) >= 11 is 0. The first-order chi connectivity index (χ1) is 9.77. The number of Topliss-reactive ketones (excluding diaryl/α,β-unsaturated/α-hetero) is 1. The molecule has 20 heavy (non-hydrogen) atoms. The van der Waals surface area contributed by atoms with Gasteiger partial charge < -0.3 is 0 Å². The SMILES string of the molecule is CC.O=C1C=C(c2ccccc2)C(=O)c2ccccc21. The van der Waals surface area contributed by atoms with E-state index in [0.29, 0.717) is 16.7 Å². The summed E-state index contributed by atoms with van der Waals surface area (Å²) in [5, 5.41) is 0. The molecule has 0 radical (unpaired) electrons. The van der Waals surface area contributed by atoms with Gasteiger partial charge in [0, 0.05) is 16.7 Å². The van der Waals surface area contributed by atoms with Crippen LogP contribution in [-0.2, 0) is 0 Å². The highest BCUT2D eigenvalue weighted by Crippen LogP contribution is 2.27. The van der Waals surface area contributed by atoms with Gasteiger partial charge in [0.05, 0.1) is 0 Å². The van der Waals surface area contributed by atoms with E-state index in [1.54, 1.807) is 24.3 Å². The molecular formula is C18H16O2. The number of hydrogen-bond acceptors (Lipinski definition) is 2. The Labute approximate surface area is 118 Å². The molecule has 0 aliphatic heterocycles. The van der Waals surface area contributed by atoms with E-state index in [2.05, 4.69) is 0 Å². The highest BCUT2D eigenvalue weighted by atomic mass is 16.1.